The zero-order valence-electron chi connectivity index (χ0n) is 8.61. The highest BCUT2D eigenvalue weighted by atomic mass is 32.1. The predicted molar refractivity (Wildman–Crippen MR) is 57.3 cm³/mol. The summed E-state index contributed by atoms with van der Waals surface area (Å²) in [6.45, 7) is 1.93. The highest BCUT2D eigenvalue weighted by molar-refractivity contribution is 7.09. The molecule has 0 saturated heterocycles. The lowest BCUT2D eigenvalue weighted by atomic mass is 10.4. The third kappa shape index (κ3) is 3.33. The number of aryl methyl sites for hydroxylation is 1. The fraction of sp³-hybridized carbons (Fsp3) is 0.333. The van der Waals surface area contributed by atoms with Crippen molar-refractivity contribution in [3.63, 3.8) is 0 Å². The summed E-state index contributed by atoms with van der Waals surface area (Å²) in [5.74, 6) is -1.55. The van der Waals surface area contributed by atoms with Crippen LogP contribution in [0.2, 0.25) is 0 Å². The molecule has 0 aliphatic rings. The van der Waals surface area contributed by atoms with Gasteiger partial charge in [0.2, 0.25) is 0 Å². The Morgan fingerprint density at radius 1 is 1.50 bits per heavy atom. The lowest BCUT2D eigenvalue weighted by Gasteiger charge is -2.03. The largest absolute Gasteiger partial charge is 0.343 e. The van der Waals surface area contributed by atoms with Crippen molar-refractivity contribution in [2.24, 2.45) is 0 Å². The van der Waals surface area contributed by atoms with Crippen molar-refractivity contribution < 1.29 is 9.59 Å². The van der Waals surface area contributed by atoms with Crippen molar-refractivity contribution >= 4 is 23.2 Å². The lowest BCUT2D eigenvalue weighted by Crippen LogP contribution is -2.39. The minimum absolute atomic E-state index is 0.175. The second-order valence-electron chi connectivity index (χ2n) is 2.88. The Bertz CT molecular complexity index is 435. The predicted octanol–water partition coefficient (Wildman–Crippen LogP) is -0.293. The van der Waals surface area contributed by atoms with Gasteiger partial charge in [0.05, 0.1) is 23.8 Å². The lowest BCUT2D eigenvalue weighted by molar-refractivity contribution is -0.139. The molecule has 0 aliphatic carbocycles. The summed E-state index contributed by atoms with van der Waals surface area (Å²) >= 11 is 1.41. The maximum absolute atomic E-state index is 11.2. The van der Waals surface area contributed by atoms with E-state index in [1.807, 2.05) is 6.92 Å². The number of nitrogens with one attached hydrogen (secondary N) is 2. The molecule has 2 amide bonds. The van der Waals surface area contributed by atoms with Crippen LogP contribution in [0.4, 0.5) is 0 Å². The van der Waals surface area contributed by atoms with E-state index in [0.717, 1.165) is 10.6 Å². The molecule has 1 heterocycles. The summed E-state index contributed by atoms with van der Waals surface area (Å²) in [6.07, 6.45) is 0. The van der Waals surface area contributed by atoms with Crippen LogP contribution in [0.25, 0.3) is 0 Å². The molecule has 6 nitrogen and oxygen atoms in total. The molecule has 16 heavy (non-hydrogen) atoms. The zero-order chi connectivity index (χ0) is 12.0. The summed E-state index contributed by atoms with van der Waals surface area (Å²) in [4.78, 5) is 27.2. The van der Waals surface area contributed by atoms with Crippen molar-refractivity contribution in [3.8, 4) is 6.07 Å². The van der Waals surface area contributed by atoms with Gasteiger partial charge in [-0.2, -0.15) is 5.26 Å². The Kier molecular flexibility index (Phi) is 4.42. The Hall–Kier alpha value is -1.94. The van der Waals surface area contributed by atoms with Crippen LogP contribution in [0.5, 0.6) is 0 Å². The van der Waals surface area contributed by atoms with Crippen LogP contribution < -0.4 is 10.6 Å². The van der Waals surface area contributed by atoms with Gasteiger partial charge in [0.15, 0.2) is 0 Å². The van der Waals surface area contributed by atoms with Gasteiger partial charge in [0.25, 0.3) is 0 Å². The van der Waals surface area contributed by atoms with E-state index in [-0.39, 0.29) is 13.1 Å². The molecule has 0 aromatic carbocycles. The topological polar surface area (TPSA) is 94.9 Å². The van der Waals surface area contributed by atoms with Crippen molar-refractivity contribution in [3.05, 3.63) is 16.1 Å². The molecule has 0 fully saturated rings. The van der Waals surface area contributed by atoms with Gasteiger partial charge >= 0.3 is 11.8 Å². The first-order valence-electron chi connectivity index (χ1n) is 4.47. The number of carbonyl (C=O) groups is 2. The first-order valence-corrected chi connectivity index (χ1v) is 5.35. The van der Waals surface area contributed by atoms with Gasteiger partial charge in [-0.25, -0.2) is 4.98 Å². The van der Waals surface area contributed by atoms with Gasteiger partial charge in [0, 0.05) is 4.88 Å². The fourth-order valence-electron chi connectivity index (χ4n) is 0.937. The fourth-order valence-corrected chi connectivity index (χ4v) is 1.65. The molecular weight excluding hydrogens is 228 g/mol. The summed E-state index contributed by atoms with van der Waals surface area (Å²) in [6, 6.07) is 1.71. The summed E-state index contributed by atoms with van der Waals surface area (Å²) in [5, 5.41) is 12.8. The van der Waals surface area contributed by atoms with Gasteiger partial charge in [-0.1, -0.05) is 0 Å². The van der Waals surface area contributed by atoms with E-state index in [0.29, 0.717) is 0 Å². The number of hydrogen-bond acceptors (Lipinski definition) is 5. The molecule has 0 atom stereocenters. The van der Waals surface area contributed by atoms with Gasteiger partial charge < -0.3 is 10.6 Å². The minimum atomic E-state index is -0.802. The van der Waals surface area contributed by atoms with Crippen LogP contribution in [0.3, 0.4) is 0 Å². The van der Waals surface area contributed by atoms with Crippen LogP contribution in [0, 0.1) is 18.3 Å². The molecule has 0 saturated carbocycles. The Morgan fingerprint density at radius 3 is 2.75 bits per heavy atom. The number of aromatic nitrogens is 1. The second kappa shape index (κ2) is 5.82. The number of carbonyl (C=O) groups excluding carboxylic acids is 2. The van der Waals surface area contributed by atoms with Crippen LogP contribution in [-0.4, -0.2) is 23.3 Å². The normalized spacial score (nSPS) is 9.25. The molecule has 0 bridgehead atoms. The third-order valence-electron chi connectivity index (χ3n) is 1.79. The molecule has 84 valence electrons. The number of nitriles is 1. The van der Waals surface area contributed by atoms with Crippen LogP contribution in [0.1, 0.15) is 10.6 Å². The minimum Gasteiger partial charge on any atom is -0.343 e. The maximum atomic E-state index is 11.2. The molecule has 0 radical (unpaired) electrons. The number of rotatable bonds is 3. The quantitative estimate of drug-likeness (QED) is 0.558. The van der Waals surface area contributed by atoms with Gasteiger partial charge in [-0.15, -0.1) is 11.3 Å². The Morgan fingerprint density at radius 2 is 2.19 bits per heavy atom. The molecule has 0 spiro atoms. The molecule has 0 aliphatic heterocycles. The highest BCUT2D eigenvalue weighted by Gasteiger charge is 2.12. The average Bonchev–Trinajstić information content (AvgIpc) is 2.68. The Balaban J connectivity index is 2.39. The standard InChI is InChI=1S/C9H10N4O2S/c1-6-7(16-5-13-6)4-12-9(15)8(14)11-3-2-10/h5H,3-4H2,1H3,(H,11,14)(H,12,15). The average molecular weight is 238 g/mol. The summed E-state index contributed by atoms with van der Waals surface area (Å²) in [5.41, 5.74) is 2.51. The third-order valence-corrected chi connectivity index (χ3v) is 2.72. The molecule has 1 rings (SSSR count). The number of nitrogens with zero attached hydrogens (tertiary/aromatic N) is 2. The van der Waals surface area contributed by atoms with Crippen LogP contribution in [0.15, 0.2) is 5.51 Å². The first-order chi connectivity index (χ1) is 7.65. The smallest absolute Gasteiger partial charge is 0.310 e. The maximum Gasteiger partial charge on any atom is 0.310 e. The van der Waals surface area contributed by atoms with E-state index in [1.165, 1.54) is 11.3 Å². The van der Waals surface area contributed by atoms with E-state index in [4.69, 9.17) is 5.26 Å². The molecule has 0 unspecified atom stereocenters. The van der Waals surface area contributed by atoms with E-state index in [9.17, 15) is 9.59 Å². The van der Waals surface area contributed by atoms with Gasteiger partial charge in [-0.3, -0.25) is 9.59 Å². The molecule has 1 aromatic heterocycles. The van der Waals surface area contributed by atoms with Crippen molar-refractivity contribution in [1.29, 1.82) is 5.26 Å². The second-order valence-corrected chi connectivity index (χ2v) is 3.82. The van der Waals surface area contributed by atoms with E-state index in [1.54, 1.807) is 11.6 Å². The van der Waals surface area contributed by atoms with Crippen molar-refractivity contribution in [2.45, 2.75) is 13.5 Å². The van der Waals surface area contributed by atoms with Crippen LogP contribution >= 0.6 is 11.3 Å². The molecule has 1 aromatic rings. The Labute approximate surface area is 96.3 Å². The van der Waals surface area contributed by atoms with Crippen LogP contribution in [-0.2, 0) is 16.1 Å². The summed E-state index contributed by atoms with van der Waals surface area (Å²) in [7, 11) is 0. The SMILES string of the molecule is Cc1ncsc1CNC(=O)C(=O)NCC#N. The highest BCUT2D eigenvalue weighted by Crippen LogP contribution is 2.10. The number of amides is 2. The summed E-state index contributed by atoms with van der Waals surface area (Å²) < 4.78 is 0. The monoisotopic (exact) mass is 238 g/mol. The molecular formula is C9H10N4O2S. The zero-order valence-corrected chi connectivity index (χ0v) is 9.43. The molecule has 2 N–H and O–H groups in total. The number of thiazole rings is 1. The first kappa shape index (κ1) is 12.1. The van der Waals surface area contributed by atoms with E-state index >= 15 is 0 Å². The number of hydrogen-bond donors (Lipinski definition) is 2. The van der Waals surface area contributed by atoms with E-state index in [2.05, 4.69) is 15.6 Å². The van der Waals surface area contributed by atoms with Crippen molar-refractivity contribution in [2.75, 3.05) is 6.54 Å². The van der Waals surface area contributed by atoms with Gasteiger partial charge in [-0.05, 0) is 6.92 Å². The molecule has 7 heteroatoms. The van der Waals surface area contributed by atoms with Crippen molar-refractivity contribution in [1.82, 2.24) is 15.6 Å². The van der Waals surface area contributed by atoms with Gasteiger partial charge in [0.1, 0.15) is 6.54 Å². The van der Waals surface area contributed by atoms with E-state index < -0.39 is 11.8 Å².